The van der Waals surface area contributed by atoms with Crippen molar-refractivity contribution in [3.63, 3.8) is 0 Å². The Bertz CT molecular complexity index is 1050. The van der Waals surface area contributed by atoms with E-state index in [9.17, 15) is 39.5 Å². The highest BCUT2D eigenvalue weighted by molar-refractivity contribution is 5.53. The van der Waals surface area contributed by atoms with Gasteiger partial charge in [-0.1, -0.05) is 32.6 Å². The van der Waals surface area contributed by atoms with Crippen LogP contribution in [0.3, 0.4) is 0 Å². The van der Waals surface area contributed by atoms with Gasteiger partial charge >= 0.3 is 12.3 Å². The van der Waals surface area contributed by atoms with E-state index in [0.717, 1.165) is 50.7 Å². The molecule has 37 heavy (non-hydrogen) atoms. The molecule has 0 aromatic heterocycles. The van der Waals surface area contributed by atoms with E-state index in [1.54, 1.807) is 0 Å². The van der Waals surface area contributed by atoms with Crippen molar-refractivity contribution < 1.29 is 44.3 Å². The minimum atomic E-state index is -4.86. The molecule has 0 unspecified atom stereocenters. The number of benzene rings is 2. The zero-order valence-electron chi connectivity index (χ0n) is 20.1. The van der Waals surface area contributed by atoms with Gasteiger partial charge < -0.3 is 4.74 Å². The van der Waals surface area contributed by atoms with Crippen LogP contribution in [-0.2, 0) is 6.11 Å². The molecular weight excluding hydrogens is 511 g/mol. The zero-order valence-corrected chi connectivity index (χ0v) is 20.1. The molecule has 0 heterocycles. The van der Waals surface area contributed by atoms with Crippen LogP contribution in [0.4, 0.5) is 39.5 Å². The minimum absolute atomic E-state index is 0.0866. The first-order valence-electron chi connectivity index (χ1n) is 12.1. The topological polar surface area (TPSA) is 9.23 Å². The number of ether oxygens (including phenoxy) is 1. The van der Waals surface area contributed by atoms with Gasteiger partial charge in [0, 0.05) is 23.8 Å². The second-order valence-corrected chi connectivity index (χ2v) is 9.37. The Kier molecular flexibility index (Phi) is 9.23. The molecular formula is C27H27F9O. The third kappa shape index (κ3) is 7.68. The highest BCUT2D eigenvalue weighted by Gasteiger charge is 2.42. The van der Waals surface area contributed by atoms with Gasteiger partial charge in [0.1, 0.15) is 34.6 Å². The van der Waals surface area contributed by atoms with E-state index in [2.05, 4.69) is 11.7 Å². The molecule has 1 aliphatic rings. The summed E-state index contributed by atoms with van der Waals surface area (Å²) >= 11 is 0. The molecule has 0 bridgehead atoms. The Morgan fingerprint density at radius 3 is 1.89 bits per heavy atom. The first kappa shape index (κ1) is 28.9. The first-order valence-corrected chi connectivity index (χ1v) is 12.1. The number of unbranched alkanes of at least 4 members (excludes halogenated alkanes) is 2. The van der Waals surface area contributed by atoms with Crippen molar-refractivity contribution in [1.82, 2.24) is 0 Å². The maximum atomic E-state index is 14.7. The molecule has 0 aliphatic heterocycles. The molecule has 0 amide bonds. The molecule has 2 aromatic rings. The van der Waals surface area contributed by atoms with Crippen molar-refractivity contribution in [3.05, 3.63) is 70.3 Å². The molecule has 10 heteroatoms. The smallest absolute Gasteiger partial charge is 0.429 e. The third-order valence-corrected chi connectivity index (χ3v) is 6.63. The van der Waals surface area contributed by atoms with Gasteiger partial charge in [0.25, 0.3) is 0 Å². The van der Waals surface area contributed by atoms with E-state index < -0.39 is 58.5 Å². The molecule has 0 saturated heterocycles. The van der Waals surface area contributed by atoms with Gasteiger partial charge in [-0.25, -0.2) is 17.6 Å². The molecule has 1 nitrogen and oxygen atoms in total. The number of alkyl halides is 5. The summed E-state index contributed by atoms with van der Waals surface area (Å²) in [5, 5.41) is 0. The first-order chi connectivity index (χ1) is 17.3. The van der Waals surface area contributed by atoms with Gasteiger partial charge in [0.2, 0.25) is 0 Å². The van der Waals surface area contributed by atoms with E-state index in [0.29, 0.717) is 18.8 Å². The van der Waals surface area contributed by atoms with Crippen LogP contribution < -0.4 is 4.74 Å². The van der Waals surface area contributed by atoms with E-state index in [-0.39, 0.29) is 29.7 Å². The molecule has 1 aliphatic carbocycles. The largest absolute Gasteiger partial charge is 0.432 e. The number of hydrogen-bond donors (Lipinski definition) is 0. The average Bonchev–Trinajstić information content (AvgIpc) is 2.77. The van der Waals surface area contributed by atoms with Crippen LogP contribution in [0.5, 0.6) is 5.75 Å². The maximum absolute atomic E-state index is 14.7. The van der Waals surface area contributed by atoms with Gasteiger partial charge in [-0.05, 0) is 61.3 Å². The van der Waals surface area contributed by atoms with Crippen LogP contribution in [0.1, 0.15) is 80.9 Å². The van der Waals surface area contributed by atoms with Gasteiger partial charge in [-0.15, -0.1) is 0 Å². The van der Waals surface area contributed by atoms with E-state index >= 15 is 0 Å². The average molecular weight is 538 g/mol. The number of allylic oxidation sites excluding steroid dienone is 1. The van der Waals surface area contributed by atoms with Crippen molar-refractivity contribution >= 4 is 6.08 Å². The Balaban J connectivity index is 1.75. The molecule has 3 rings (SSSR count). The zero-order chi connectivity index (χ0) is 27.4. The summed E-state index contributed by atoms with van der Waals surface area (Å²) in [6.45, 7) is 2.12. The lowest BCUT2D eigenvalue weighted by atomic mass is 9.77. The Morgan fingerprint density at radius 1 is 0.811 bits per heavy atom. The highest BCUT2D eigenvalue weighted by atomic mass is 19.4. The SMILES string of the molecule is CCCCCC1CCC(c2cc(F)c(C(F)(F)Oc3cc(F)c(/C=C/C(F)(F)F)c(F)c3)c(F)c2)CC1. The Labute approximate surface area is 209 Å². The predicted octanol–water partition coefficient (Wildman–Crippen LogP) is 9.80. The number of halogens is 9. The van der Waals surface area contributed by atoms with Crippen molar-refractivity contribution in [2.75, 3.05) is 0 Å². The standard InChI is InChI=1S/C27H27F9O/c1-2-3-4-5-16-6-8-17(9-7-16)18-12-23(30)25(24(31)13-18)27(35,36)37-19-14-21(28)20(22(29)15-19)10-11-26(32,33)34/h10-17H,2-9H2,1H3/b11-10+. The minimum Gasteiger partial charge on any atom is -0.429 e. The summed E-state index contributed by atoms with van der Waals surface area (Å²) in [6, 6.07) is 2.06. The fourth-order valence-electron chi connectivity index (χ4n) is 4.73. The number of rotatable bonds is 9. The summed E-state index contributed by atoms with van der Waals surface area (Å²) in [6.07, 6.45) is -2.29. The molecule has 0 radical (unpaired) electrons. The second kappa shape index (κ2) is 11.8. The van der Waals surface area contributed by atoms with Crippen molar-refractivity contribution in [2.45, 2.75) is 76.5 Å². The quantitative estimate of drug-likeness (QED) is 0.228. The summed E-state index contributed by atoms with van der Waals surface area (Å²) in [7, 11) is 0. The van der Waals surface area contributed by atoms with Crippen LogP contribution in [-0.4, -0.2) is 6.18 Å². The van der Waals surface area contributed by atoms with Crippen molar-refractivity contribution in [3.8, 4) is 5.75 Å². The maximum Gasteiger partial charge on any atom is 0.432 e. The Morgan fingerprint density at radius 2 is 1.38 bits per heavy atom. The van der Waals surface area contributed by atoms with Crippen molar-refractivity contribution in [2.24, 2.45) is 5.92 Å². The van der Waals surface area contributed by atoms with Crippen LogP contribution in [0, 0.1) is 29.2 Å². The highest BCUT2D eigenvalue weighted by Crippen LogP contribution is 2.41. The van der Waals surface area contributed by atoms with Crippen LogP contribution in [0.25, 0.3) is 6.08 Å². The van der Waals surface area contributed by atoms with Crippen LogP contribution in [0.2, 0.25) is 0 Å². The van der Waals surface area contributed by atoms with Crippen LogP contribution >= 0.6 is 0 Å². The monoisotopic (exact) mass is 538 g/mol. The second-order valence-electron chi connectivity index (χ2n) is 9.37. The van der Waals surface area contributed by atoms with Gasteiger partial charge in [-0.3, -0.25) is 0 Å². The third-order valence-electron chi connectivity index (χ3n) is 6.63. The molecule has 204 valence electrons. The Hall–Kier alpha value is -2.65. The van der Waals surface area contributed by atoms with Gasteiger partial charge in [0.15, 0.2) is 0 Å². The lowest BCUT2D eigenvalue weighted by molar-refractivity contribution is -0.189. The molecule has 0 spiro atoms. The fraction of sp³-hybridized carbons (Fsp3) is 0.481. The molecule has 1 saturated carbocycles. The summed E-state index contributed by atoms with van der Waals surface area (Å²) in [5.74, 6) is -7.22. The van der Waals surface area contributed by atoms with Gasteiger partial charge in [0.05, 0.1) is 0 Å². The van der Waals surface area contributed by atoms with Gasteiger partial charge in [-0.2, -0.15) is 22.0 Å². The predicted molar refractivity (Wildman–Crippen MR) is 121 cm³/mol. The van der Waals surface area contributed by atoms with E-state index in [4.69, 9.17) is 0 Å². The van der Waals surface area contributed by atoms with E-state index in [1.807, 2.05) is 0 Å². The molecule has 0 atom stereocenters. The molecule has 1 fully saturated rings. The fourth-order valence-corrected chi connectivity index (χ4v) is 4.73. The summed E-state index contributed by atoms with van der Waals surface area (Å²) in [4.78, 5) is 0. The normalized spacial score (nSPS) is 19.0. The van der Waals surface area contributed by atoms with Crippen molar-refractivity contribution in [1.29, 1.82) is 0 Å². The summed E-state index contributed by atoms with van der Waals surface area (Å²) < 4.78 is 128. The lowest BCUT2D eigenvalue weighted by Crippen LogP contribution is -2.26. The van der Waals surface area contributed by atoms with Crippen LogP contribution in [0.15, 0.2) is 30.3 Å². The summed E-state index contributed by atoms with van der Waals surface area (Å²) in [5.41, 5.74) is -2.62. The number of hydrogen-bond acceptors (Lipinski definition) is 1. The molecule has 2 aromatic carbocycles. The molecule has 0 N–H and O–H groups in total. The lowest BCUT2D eigenvalue weighted by Gasteiger charge is -2.29. The van der Waals surface area contributed by atoms with E-state index in [1.165, 1.54) is 0 Å².